The van der Waals surface area contributed by atoms with Crippen LogP contribution < -0.4 is 5.73 Å². The lowest BCUT2D eigenvalue weighted by Crippen LogP contribution is -2.30. The molecule has 31 heavy (non-hydrogen) atoms. The number of rotatable bonds is 11. The Kier molecular flexibility index (Phi) is 11.0. The number of amides is 1. The van der Waals surface area contributed by atoms with E-state index in [2.05, 4.69) is 10.3 Å². The minimum absolute atomic E-state index is 0. The standard InChI is InChI=1S/C20H27N5O5.ClH/c1-3-29-19(27)10-9-18(26)24(11-15-5-7-16(21)8-6-15)12-17-13-25(23-22-17)14-20(28)30-4-2;/h5-8,13H,3-4,9-12,14,21H2,1-2H3;1H. The number of carbonyl (C=O) groups excluding carboxylic acids is 3. The molecular formula is C20H28ClN5O5. The maximum atomic E-state index is 12.8. The van der Waals surface area contributed by atoms with Crippen LogP contribution in [0.2, 0.25) is 0 Å². The summed E-state index contributed by atoms with van der Waals surface area (Å²) in [5, 5.41) is 7.94. The number of anilines is 1. The van der Waals surface area contributed by atoms with Crippen molar-refractivity contribution in [2.45, 2.75) is 46.3 Å². The Morgan fingerprint density at radius 2 is 1.65 bits per heavy atom. The van der Waals surface area contributed by atoms with Crippen LogP contribution in [0, 0.1) is 0 Å². The van der Waals surface area contributed by atoms with Gasteiger partial charge in [0.15, 0.2) is 0 Å². The van der Waals surface area contributed by atoms with Gasteiger partial charge in [0.25, 0.3) is 0 Å². The van der Waals surface area contributed by atoms with Gasteiger partial charge in [-0.25, -0.2) is 4.68 Å². The zero-order valence-corrected chi connectivity index (χ0v) is 18.5. The van der Waals surface area contributed by atoms with E-state index in [1.165, 1.54) is 4.68 Å². The molecule has 0 unspecified atom stereocenters. The van der Waals surface area contributed by atoms with Crippen LogP contribution in [0.1, 0.15) is 37.9 Å². The quantitative estimate of drug-likeness (QED) is 0.402. The first-order chi connectivity index (χ1) is 14.4. The molecule has 2 aromatic rings. The molecule has 0 fully saturated rings. The first kappa shape index (κ1) is 25.9. The highest BCUT2D eigenvalue weighted by atomic mass is 35.5. The fourth-order valence-corrected chi connectivity index (χ4v) is 2.70. The molecule has 1 aromatic carbocycles. The third-order valence-corrected chi connectivity index (χ3v) is 4.09. The number of esters is 2. The average molecular weight is 454 g/mol. The van der Waals surface area contributed by atoms with E-state index in [0.717, 1.165) is 5.56 Å². The van der Waals surface area contributed by atoms with Gasteiger partial charge in [-0.05, 0) is 31.5 Å². The molecule has 1 amide bonds. The summed E-state index contributed by atoms with van der Waals surface area (Å²) in [6.07, 6.45) is 1.61. The summed E-state index contributed by atoms with van der Waals surface area (Å²) in [6, 6.07) is 7.18. The molecule has 0 atom stereocenters. The summed E-state index contributed by atoms with van der Waals surface area (Å²) in [5.41, 5.74) is 7.74. The Labute approximate surface area is 187 Å². The zero-order chi connectivity index (χ0) is 21.9. The Hall–Kier alpha value is -3.14. The molecule has 0 aliphatic carbocycles. The lowest BCUT2D eigenvalue weighted by atomic mass is 10.1. The summed E-state index contributed by atoms with van der Waals surface area (Å²) in [7, 11) is 0. The van der Waals surface area contributed by atoms with Crippen molar-refractivity contribution in [3.05, 3.63) is 41.7 Å². The molecule has 2 rings (SSSR count). The maximum Gasteiger partial charge on any atom is 0.327 e. The van der Waals surface area contributed by atoms with Crippen molar-refractivity contribution < 1.29 is 23.9 Å². The monoisotopic (exact) mass is 453 g/mol. The van der Waals surface area contributed by atoms with Gasteiger partial charge in [0, 0.05) is 18.7 Å². The van der Waals surface area contributed by atoms with Gasteiger partial charge < -0.3 is 20.1 Å². The Morgan fingerprint density at radius 1 is 1.00 bits per heavy atom. The molecular weight excluding hydrogens is 426 g/mol. The van der Waals surface area contributed by atoms with Crippen LogP contribution in [0.5, 0.6) is 0 Å². The number of aromatic nitrogens is 3. The Balaban J connectivity index is 0.00000480. The predicted molar refractivity (Wildman–Crippen MR) is 115 cm³/mol. The van der Waals surface area contributed by atoms with Crippen LogP contribution >= 0.6 is 12.4 Å². The van der Waals surface area contributed by atoms with Gasteiger partial charge in [0.1, 0.15) is 12.2 Å². The van der Waals surface area contributed by atoms with Crippen LogP contribution in [0.4, 0.5) is 5.69 Å². The largest absolute Gasteiger partial charge is 0.466 e. The third kappa shape index (κ3) is 9.04. The highest BCUT2D eigenvalue weighted by Crippen LogP contribution is 2.13. The molecule has 0 aliphatic heterocycles. The number of nitrogens with two attached hydrogens (primary N) is 1. The number of carbonyl (C=O) groups is 3. The van der Waals surface area contributed by atoms with Crippen LogP contribution in [0.25, 0.3) is 0 Å². The highest BCUT2D eigenvalue weighted by molar-refractivity contribution is 5.85. The second-order valence-corrected chi connectivity index (χ2v) is 6.51. The van der Waals surface area contributed by atoms with Crippen LogP contribution in [-0.2, 0) is 43.5 Å². The van der Waals surface area contributed by atoms with E-state index in [9.17, 15) is 14.4 Å². The third-order valence-electron chi connectivity index (χ3n) is 4.09. The van der Waals surface area contributed by atoms with E-state index in [-0.39, 0.29) is 57.5 Å². The first-order valence-electron chi connectivity index (χ1n) is 9.73. The summed E-state index contributed by atoms with van der Waals surface area (Å²) in [5.74, 6) is -1.06. The van der Waals surface area contributed by atoms with E-state index in [1.807, 2.05) is 12.1 Å². The number of nitrogens with zero attached hydrogens (tertiary/aromatic N) is 4. The van der Waals surface area contributed by atoms with E-state index in [4.69, 9.17) is 15.2 Å². The summed E-state index contributed by atoms with van der Waals surface area (Å²) in [4.78, 5) is 37.5. The van der Waals surface area contributed by atoms with Gasteiger partial charge in [-0.15, -0.1) is 17.5 Å². The predicted octanol–water partition coefficient (Wildman–Crippen LogP) is 1.72. The second kappa shape index (κ2) is 13.2. The van der Waals surface area contributed by atoms with Gasteiger partial charge in [-0.2, -0.15) is 0 Å². The SMILES string of the molecule is CCOC(=O)CCC(=O)N(Cc1ccc(N)cc1)Cc1cn(CC(=O)OCC)nn1.Cl. The molecule has 1 aromatic heterocycles. The summed E-state index contributed by atoms with van der Waals surface area (Å²) in [6.45, 7) is 4.42. The van der Waals surface area contributed by atoms with Crippen molar-refractivity contribution in [3.8, 4) is 0 Å². The number of halogens is 1. The first-order valence-corrected chi connectivity index (χ1v) is 9.73. The van der Waals surface area contributed by atoms with Crippen molar-refractivity contribution in [2.75, 3.05) is 18.9 Å². The van der Waals surface area contributed by atoms with Crippen LogP contribution in [0.15, 0.2) is 30.5 Å². The molecule has 0 bridgehead atoms. The van der Waals surface area contributed by atoms with E-state index < -0.39 is 11.9 Å². The minimum atomic E-state index is -0.418. The molecule has 2 N–H and O–H groups in total. The minimum Gasteiger partial charge on any atom is -0.466 e. The van der Waals surface area contributed by atoms with Crippen molar-refractivity contribution in [3.63, 3.8) is 0 Å². The molecule has 1 heterocycles. The van der Waals surface area contributed by atoms with Gasteiger partial charge >= 0.3 is 11.9 Å². The van der Waals surface area contributed by atoms with Gasteiger partial charge in [-0.1, -0.05) is 17.3 Å². The summed E-state index contributed by atoms with van der Waals surface area (Å²) < 4.78 is 11.1. The Morgan fingerprint density at radius 3 is 2.29 bits per heavy atom. The molecule has 11 heteroatoms. The Bertz CT molecular complexity index is 856. The molecule has 0 saturated heterocycles. The number of nitrogen functional groups attached to an aromatic ring is 1. The molecule has 0 spiro atoms. The number of benzene rings is 1. The van der Waals surface area contributed by atoms with E-state index in [1.54, 1.807) is 37.1 Å². The lowest BCUT2D eigenvalue weighted by Gasteiger charge is -2.22. The van der Waals surface area contributed by atoms with Crippen molar-refractivity contribution in [2.24, 2.45) is 0 Å². The number of hydrogen-bond donors (Lipinski definition) is 1. The van der Waals surface area contributed by atoms with Crippen molar-refractivity contribution in [1.29, 1.82) is 0 Å². The van der Waals surface area contributed by atoms with Gasteiger partial charge in [0.05, 0.1) is 32.4 Å². The van der Waals surface area contributed by atoms with Crippen molar-refractivity contribution >= 4 is 35.9 Å². The van der Waals surface area contributed by atoms with Crippen LogP contribution in [-0.4, -0.2) is 51.0 Å². The topological polar surface area (TPSA) is 130 Å². The molecule has 0 saturated carbocycles. The molecule has 10 nitrogen and oxygen atoms in total. The zero-order valence-electron chi connectivity index (χ0n) is 17.7. The fraction of sp³-hybridized carbons (Fsp3) is 0.450. The highest BCUT2D eigenvalue weighted by Gasteiger charge is 2.18. The molecule has 170 valence electrons. The van der Waals surface area contributed by atoms with Gasteiger partial charge in [-0.3, -0.25) is 14.4 Å². The van der Waals surface area contributed by atoms with Crippen LogP contribution in [0.3, 0.4) is 0 Å². The van der Waals surface area contributed by atoms with Gasteiger partial charge in [0.2, 0.25) is 5.91 Å². The fourth-order valence-electron chi connectivity index (χ4n) is 2.70. The molecule has 0 aliphatic rings. The lowest BCUT2D eigenvalue weighted by molar-refractivity contribution is -0.146. The smallest absolute Gasteiger partial charge is 0.327 e. The summed E-state index contributed by atoms with van der Waals surface area (Å²) >= 11 is 0. The normalized spacial score (nSPS) is 10.1. The average Bonchev–Trinajstić information content (AvgIpc) is 3.14. The maximum absolute atomic E-state index is 12.8. The second-order valence-electron chi connectivity index (χ2n) is 6.51. The van der Waals surface area contributed by atoms with Crippen molar-refractivity contribution in [1.82, 2.24) is 19.9 Å². The number of ether oxygens (including phenoxy) is 2. The van der Waals surface area contributed by atoms with E-state index >= 15 is 0 Å². The van der Waals surface area contributed by atoms with E-state index in [0.29, 0.717) is 17.9 Å². The number of hydrogen-bond acceptors (Lipinski definition) is 8. The molecule has 0 radical (unpaired) electrons.